The number of hydrazine groups is 1. The van der Waals surface area contributed by atoms with Gasteiger partial charge in [0.15, 0.2) is 0 Å². The molecule has 4 heteroatoms. The Morgan fingerprint density at radius 3 is 1.54 bits per heavy atom. The second-order valence-electron chi connectivity index (χ2n) is 11.1. The molecule has 1 aliphatic carbocycles. The van der Waals surface area contributed by atoms with Gasteiger partial charge in [-0.15, -0.1) is 0 Å². The summed E-state index contributed by atoms with van der Waals surface area (Å²) in [4.78, 5) is 0. The molecule has 2 saturated heterocycles. The lowest BCUT2D eigenvalue weighted by atomic mass is 9.69. The smallest absolute Gasteiger partial charge is 0.123 e. The summed E-state index contributed by atoms with van der Waals surface area (Å²) in [5.41, 5.74) is 2.41. The van der Waals surface area contributed by atoms with Crippen LogP contribution in [0.3, 0.4) is 0 Å². The fraction of sp³-hybridized carbons (Fsp3) is 0.750. The van der Waals surface area contributed by atoms with Gasteiger partial charge in [-0.05, 0) is 74.3 Å². The van der Waals surface area contributed by atoms with Gasteiger partial charge in [0.1, 0.15) is 5.75 Å². The Bertz CT molecular complexity index is 596. The van der Waals surface area contributed by atoms with E-state index in [0.717, 1.165) is 17.0 Å². The molecule has 1 aromatic rings. The molecule has 1 aromatic carbocycles. The maximum Gasteiger partial charge on any atom is 0.123 e. The van der Waals surface area contributed by atoms with Gasteiger partial charge < -0.3 is 9.84 Å². The number of para-hydroxylation sites is 1. The number of phenolic OH excluding ortho intramolecular Hbond substituents is 1. The van der Waals surface area contributed by atoms with E-state index in [-0.39, 0.29) is 22.0 Å². The molecule has 0 aromatic heterocycles. The van der Waals surface area contributed by atoms with Crippen LogP contribution >= 0.6 is 0 Å². The standard InChI is InChI=1S/C14H22O.C10H18O.H4N2/c1-13(2,3)10-8-7-9-11(12(10)15)14(4,5)6;1-9(2)8-4-6-10(3,11-9)7-5-8;1-2/h7-9,15H,1-6H3;8H,4-7H2,1-3H3;1-2H2. The van der Waals surface area contributed by atoms with Crippen molar-refractivity contribution in [2.45, 2.75) is 110 Å². The Morgan fingerprint density at radius 2 is 1.29 bits per heavy atom. The second-order valence-corrected chi connectivity index (χ2v) is 11.1. The molecular weight excluding hydrogens is 348 g/mol. The zero-order chi connectivity index (χ0) is 22.0. The van der Waals surface area contributed by atoms with E-state index in [1.165, 1.54) is 25.7 Å². The Morgan fingerprint density at radius 1 is 0.893 bits per heavy atom. The monoisotopic (exact) mass is 392 g/mol. The van der Waals surface area contributed by atoms with E-state index >= 15 is 0 Å². The third-order valence-electron chi connectivity index (χ3n) is 6.19. The van der Waals surface area contributed by atoms with Gasteiger partial charge in [0.2, 0.25) is 0 Å². The number of aromatic hydroxyl groups is 1. The normalized spacial score (nSPS) is 25.9. The first-order valence-electron chi connectivity index (χ1n) is 10.5. The van der Waals surface area contributed by atoms with E-state index in [1.807, 2.05) is 18.2 Å². The summed E-state index contributed by atoms with van der Waals surface area (Å²) in [7, 11) is 0. The van der Waals surface area contributed by atoms with Gasteiger partial charge in [0, 0.05) is 0 Å². The van der Waals surface area contributed by atoms with Gasteiger partial charge in [-0.3, -0.25) is 11.7 Å². The molecular formula is C24H44N2O2. The van der Waals surface area contributed by atoms with Crippen molar-refractivity contribution >= 4 is 0 Å². The lowest BCUT2D eigenvalue weighted by molar-refractivity contribution is -0.229. The molecule has 0 spiro atoms. The lowest BCUT2D eigenvalue weighted by Gasteiger charge is -2.54. The molecule has 4 nitrogen and oxygen atoms in total. The van der Waals surface area contributed by atoms with Gasteiger partial charge in [0.05, 0.1) is 11.2 Å². The largest absolute Gasteiger partial charge is 0.507 e. The maximum atomic E-state index is 10.3. The predicted molar refractivity (Wildman–Crippen MR) is 119 cm³/mol. The third-order valence-corrected chi connectivity index (χ3v) is 6.19. The van der Waals surface area contributed by atoms with E-state index in [0.29, 0.717) is 5.75 Å². The van der Waals surface area contributed by atoms with Crippen molar-refractivity contribution in [3.05, 3.63) is 29.3 Å². The van der Waals surface area contributed by atoms with Crippen LogP contribution in [0.2, 0.25) is 0 Å². The van der Waals surface area contributed by atoms with Crippen LogP contribution in [0.4, 0.5) is 0 Å². The highest BCUT2D eigenvalue weighted by Crippen LogP contribution is 2.49. The minimum atomic E-state index is -0.00859. The van der Waals surface area contributed by atoms with E-state index in [1.54, 1.807) is 0 Å². The van der Waals surface area contributed by atoms with Crippen LogP contribution in [0, 0.1) is 5.92 Å². The van der Waals surface area contributed by atoms with Crippen molar-refractivity contribution in [2.24, 2.45) is 17.6 Å². The Balaban J connectivity index is 0.000000266. The topological polar surface area (TPSA) is 81.5 Å². The summed E-state index contributed by atoms with van der Waals surface area (Å²) in [5, 5.41) is 10.3. The summed E-state index contributed by atoms with van der Waals surface area (Å²) >= 11 is 0. The molecule has 2 heterocycles. The van der Waals surface area contributed by atoms with Gasteiger partial charge in [-0.25, -0.2) is 0 Å². The summed E-state index contributed by atoms with van der Waals surface area (Å²) in [6.45, 7) is 19.5. The molecule has 2 bridgehead atoms. The Labute approximate surface area is 173 Å². The molecule has 5 N–H and O–H groups in total. The first-order chi connectivity index (χ1) is 12.7. The van der Waals surface area contributed by atoms with E-state index in [2.05, 4.69) is 74.0 Å². The van der Waals surface area contributed by atoms with Gasteiger partial charge in [-0.2, -0.15) is 0 Å². The van der Waals surface area contributed by atoms with Gasteiger partial charge in [0.25, 0.3) is 0 Å². The zero-order valence-corrected chi connectivity index (χ0v) is 19.6. The van der Waals surface area contributed by atoms with Crippen LogP contribution in [-0.2, 0) is 15.6 Å². The first-order valence-corrected chi connectivity index (χ1v) is 10.5. The number of nitrogens with two attached hydrogens (primary N) is 2. The predicted octanol–water partition coefficient (Wildman–Crippen LogP) is 5.55. The van der Waals surface area contributed by atoms with Crippen LogP contribution in [0.1, 0.15) is 99.1 Å². The highest BCUT2D eigenvalue weighted by atomic mass is 16.5. The third kappa shape index (κ3) is 5.95. The van der Waals surface area contributed by atoms with Crippen molar-refractivity contribution in [1.82, 2.24) is 0 Å². The van der Waals surface area contributed by atoms with Crippen LogP contribution in [-0.4, -0.2) is 16.3 Å². The average Bonchev–Trinajstić information content (AvgIpc) is 2.54. The summed E-state index contributed by atoms with van der Waals surface area (Å²) in [6, 6.07) is 6.04. The number of hydrogen-bond donors (Lipinski definition) is 3. The molecule has 3 aliphatic rings. The van der Waals surface area contributed by atoms with Gasteiger partial charge in [-0.1, -0.05) is 59.7 Å². The fourth-order valence-electron chi connectivity index (χ4n) is 4.50. The summed E-state index contributed by atoms with van der Waals surface area (Å²) < 4.78 is 6.06. The van der Waals surface area contributed by atoms with Crippen molar-refractivity contribution in [3.8, 4) is 5.75 Å². The van der Waals surface area contributed by atoms with Gasteiger partial charge >= 0.3 is 0 Å². The molecule has 0 atom stereocenters. The second kappa shape index (κ2) is 8.73. The minimum Gasteiger partial charge on any atom is -0.507 e. The van der Waals surface area contributed by atoms with Crippen molar-refractivity contribution in [1.29, 1.82) is 0 Å². The quantitative estimate of drug-likeness (QED) is 0.399. The number of benzene rings is 1. The molecule has 0 unspecified atom stereocenters. The van der Waals surface area contributed by atoms with Crippen molar-refractivity contribution in [3.63, 3.8) is 0 Å². The average molecular weight is 393 g/mol. The maximum absolute atomic E-state index is 10.3. The number of ether oxygens (including phenoxy) is 1. The minimum absolute atomic E-state index is 0.00859. The molecule has 2 aliphatic heterocycles. The van der Waals surface area contributed by atoms with Crippen LogP contribution in [0.25, 0.3) is 0 Å². The highest BCUT2D eigenvalue weighted by molar-refractivity contribution is 5.46. The van der Waals surface area contributed by atoms with Crippen LogP contribution < -0.4 is 11.7 Å². The fourth-order valence-corrected chi connectivity index (χ4v) is 4.50. The molecule has 0 amide bonds. The summed E-state index contributed by atoms with van der Waals surface area (Å²) in [5.74, 6) is 9.28. The van der Waals surface area contributed by atoms with E-state index in [4.69, 9.17) is 4.74 Å². The number of rotatable bonds is 0. The lowest BCUT2D eigenvalue weighted by Crippen LogP contribution is -2.53. The highest BCUT2D eigenvalue weighted by Gasteiger charge is 2.48. The molecule has 28 heavy (non-hydrogen) atoms. The van der Waals surface area contributed by atoms with Crippen molar-refractivity contribution in [2.75, 3.05) is 0 Å². The van der Waals surface area contributed by atoms with Crippen LogP contribution in [0.15, 0.2) is 18.2 Å². The van der Waals surface area contributed by atoms with E-state index < -0.39 is 0 Å². The zero-order valence-electron chi connectivity index (χ0n) is 19.6. The van der Waals surface area contributed by atoms with Crippen molar-refractivity contribution < 1.29 is 9.84 Å². The number of hydrogen-bond acceptors (Lipinski definition) is 4. The molecule has 4 rings (SSSR count). The summed E-state index contributed by atoms with van der Waals surface area (Å²) in [6.07, 6.45) is 5.31. The molecule has 0 radical (unpaired) electrons. The molecule has 162 valence electrons. The SMILES string of the molecule is CC(C)(C)c1cccc(C(C)(C)C)c1O.CC12CCC(CC1)C(C)(C)O2.NN. The molecule has 1 saturated carbocycles. The number of phenols is 1. The molecule has 3 fully saturated rings. The van der Waals surface area contributed by atoms with Crippen LogP contribution in [0.5, 0.6) is 5.75 Å². The Hall–Kier alpha value is -1.10. The Kier molecular flexibility index (Phi) is 7.77. The van der Waals surface area contributed by atoms with E-state index in [9.17, 15) is 5.11 Å². The first kappa shape index (κ1) is 24.9. The number of fused-ring (bicyclic) bond motifs is 3.